The van der Waals surface area contributed by atoms with E-state index in [4.69, 9.17) is 10.5 Å². The topological polar surface area (TPSA) is 88.7 Å². The van der Waals surface area contributed by atoms with Gasteiger partial charge in [-0.2, -0.15) is 0 Å². The number of nitrogens with zero attached hydrogens (tertiary/aromatic N) is 1. The summed E-state index contributed by atoms with van der Waals surface area (Å²) in [6.45, 7) is 2.87. The Morgan fingerprint density at radius 1 is 1.21 bits per heavy atom. The maximum Gasteiger partial charge on any atom is 0.251 e. The average molecular weight is 326 g/mol. The van der Waals surface area contributed by atoms with Gasteiger partial charge in [0.25, 0.3) is 5.91 Å². The Bertz CT molecular complexity index is 728. The lowest BCUT2D eigenvalue weighted by atomic mass is 10.1. The van der Waals surface area contributed by atoms with Gasteiger partial charge in [-0.1, -0.05) is 18.2 Å². The van der Waals surface area contributed by atoms with Crippen LogP contribution in [0.2, 0.25) is 0 Å². The van der Waals surface area contributed by atoms with Crippen LogP contribution in [0.5, 0.6) is 5.75 Å². The van der Waals surface area contributed by atoms with Crippen LogP contribution in [-0.4, -0.2) is 25.5 Å². The Labute approximate surface area is 141 Å². The molecule has 24 heavy (non-hydrogen) atoms. The summed E-state index contributed by atoms with van der Waals surface area (Å²) in [5.41, 5.74) is 8.23. The smallest absolute Gasteiger partial charge is 0.251 e. The highest BCUT2D eigenvalue weighted by Gasteiger charge is 2.04. The predicted molar refractivity (Wildman–Crippen MR) is 96.4 cm³/mol. The van der Waals surface area contributed by atoms with E-state index in [1.165, 1.54) is 0 Å². The Morgan fingerprint density at radius 3 is 2.75 bits per heavy atom. The summed E-state index contributed by atoms with van der Waals surface area (Å²) >= 11 is 0. The normalized spacial score (nSPS) is 11.0. The van der Waals surface area contributed by atoms with Crippen LogP contribution in [-0.2, 0) is 6.54 Å². The fourth-order valence-corrected chi connectivity index (χ4v) is 2.14. The van der Waals surface area contributed by atoms with Crippen molar-refractivity contribution in [1.82, 2.24) is 5.32 Å². The number of carbonyl (C=O) groups is 1. The average Bonchev–Trinajstić information content (AvgIpc) is 2.60. The van der Waals surface area contributed by atoms with Crippen LogP contribution in [0.15, 0.2) is 53.5 Å². The molecule has 6 nitrogen and oxygen atoms in total. The first-order chi connectivity index (χ1) is 11.6. The van der Waals surface area contributed by atoms with E-state index in [1.54, 1.807) is 13.2 Å². The molecular formula is C18H22N4O2. The molecule has 1 amide bonds. The number of amides is 1. The molecule has 126 valence electrons. The minimum Gasteiger partial charge on any atom is -0.497 e. The van der Waals surface area contributed by atoms with Gasteiger partial charge in [0.15, 0.2) is 5.96 Å². The summed E-state index contributed by atoms with van der Waals surface area (Å²) in [7, 11) is 1.61. The quantitative estimate of drug-likeness (QED) is 0.562. The molecule has 4 N–H and O–H groups in total. The van der Waals surface area contributed by atoms with Crippen LogP contribution >= 0.6 is 0 Å². The molecule has 0 spiro atoms. The van der Waals surface area contributed by atoms with Gasteiger partial charge in [0, 0.05) is 23.9 Å². The molecule has 2 aromatic carbocycles. The van der Waals surface area contributed by atoms with Gasteiger partial charge in [0.05, 0.1) is 13.7 Å². The van der Waals surface area contributed by atoms with Crippen molar-refractivity contribution in [2.75, 3.05) is 19.0 Å². The zero-order valence-electron chi connectivity index (χ0n) is 13.9. The molecule has 2 aromatic rings. The molecule has 0 radical (unpaired) electrons. The molecule has 0 saturated carbocycles. The third kappa shape index (κ3) is 5.01. The number of rotatable bonds is 6. The Morgan fingerprint density at radius 2 is 2.00 bits per heavy atom. The van der Waals surface area contributed by atoms with E-state index >= 15 is 0 Å². The van der Waals surface area contributed by atoms with E-state index in [0.29, 0.717) is 24.6 Å². The molecule has 2 rings (SSSR count). The lowest BCUT2D eigenvalue weighted by Gasteiger charge is -2.08. The fraction of sp³-hybridized carbons (Fsp3) is 0.222. The van der Waals surface area contributed by atoms with Crippen LogP contribution in [0.25, 0.3) is 0 Å². The van der Waals surface area contributed by atoms with E-state index in [9.17, 15) is 4.79 Å². The van der Waals surface area contributed by atoms with E-state index in [2.05, 4.69) is 15.6 Å². The van der Waals surface area contributed by atoms with Crippen molar-refractivity contribution in [2.24, 2.45) is 10.7 Å². The monoisotopic (exact) mass is 326 g/mol. The second kappa shape index (κ2) is 8.57. The number of guanidine groups is 1. The zero-order chi connectivity index (χ0) is 17.4. The van der Waals surface area contributed by atoms with Gasteiger partial charge in [0.2, 0.25) is 0 Å². The van der Waals surface area contributed by atoms with E-state index < -0.39 is 0 Å². The number of benzene rings is 2. The molecule has 0 bridgehead atoms. The van der Waals surface area contributed by atoms with Crippen molar-refractivity contribution >= 4 is 17.6 Å². The second-order valence-corrected chi connectivity index (χ2v) is 5.12. The van der Waals surface area contributed by atoms with Crippen LogP contribution < -0.4 is 21.1 Å². The molecule has 6 heteroatoms. The highest BCUT2D eigenvalue weighted by molar-refractivity contribution is 5.94. The molecule has 0 aliphatic heterocycles. The van der Waals surface area contributed by atoms with Crippen LogP contribution in [0.3, 0.4) is 0 Å². The van der Waals surface area contributed by atoms with Crippen LogP contribution in [0.4, 0.5) is 5.69 Å². The Hall–Kier alpha value is -3.02. The fourth-order valence-electron chi connectivity index (χ4n) is 2.14. The van der Waals surface area contributed by atoms with E-state index in [1.807, 2.05) is 49.4 Å². The predicted octanol–water partition coefficient (Wildman–Crippen LogP) is 2.37. The number of aliphatic imine (C=N–C) groups is 1. The molecule has 0 fully saturated rings. The summed E-state index contributed by atoms with van der Waals surface area (Å²) < 4.78 is 5.16. The van der Waals surface area contributed by atoms with E-state index in [-0.39, 0.29) is 5.91 Å². The summed E-state index contributed by atoms with van der Waals surface area (Å²) in [5, 5.41) is 5.79. The summed E-state index contributed by atoms with van der Waals surface area (Å²) in [6.07, 6.45) is 0. The lowest BCUT2D eigenvalue weighted by molar-refractivity contribution is 0.0955. The van der Waals surface area contributed by atoms with Crippen molar-refractivity contribution in [3.8, 4) is 5.75 Å². The van der Waals surface area contributed by atoms with Gasteiger partial charge in [-0.25, -0.2) is 4.99 Å². The largest absolute Gasteiger partial charge is 0.497 e. The molecule has 0 aromatic heterocycles. The minimum absolute atomic E-state index is 0.0918. The van der Waals surface area contributed by atoms with Crippen LogP contribution in [0, 0.1) is 0 Å². The first-order valence-corrected chi connectivity index (χ1v) is 7.70. The summed E-state index contributed by atoms with van der Waals surface area (Å²) in [4.78, 5) is 16.1. The number of methoxy groups -OCH3 is 1. The van der Waals surface area contributed by atoms with Gasteiger partial charge in [-0.15, -0.1) is 0 Å². The molecule has 0 aliphatic rings. The SMILES string of the molecule is CCNC(=O)c1cccc(CN=C(N)Nc2cccc(OC)c2)c1. The van der Waals surface area contributed by atoms with Crippen molar-refractivity contribution in [3.05, 3.63) is 59.7 Å². The van der Waals surface area contributed by atoms with Gasteiger partial charge in [-0.05, 0) is 36.8 Å². The number of hydrogen-bond acceptors (Lipinski definition) is 3. The number of nitrogens with one attached hydrogen (secondary N) is 2. The third-order valence-corrected chi connectivity index (χ3v) is 3.30. The number of carbonyl (C=O) groups excluding carboxylic acids is 1. The number of nitrogens with two attached hydrogens (primary N) is 1. The standard InChI is InChI=1S/C18H22N4O2/c1-3-20-17(23)14-7-4-6-13(10-14)12-21-18(19)22-15-8-5-9-16(11-15)24-2/h4-11H,3,12H2,1-2H3,(H,20,23)(H3,19,21,22). The summed E-state index contributed by atoms with van der Waals surface area (Å²) in [5.74, 6) is 0.944. The second-order valence-electron chi connectivity index (χ2n) is 5.12. The van der Waals surface area contributed by atoms with Crippen LogP contribution in [0.1, 0.15) is 22.8 Å². The van der Waals surface area contributed by atoms with E-state index in [0.717, 1.165) is 17.0 Å². The van der Waals surface area contributed by atoms with Gasteiger partial charge in [0.1, 0.15) is 5.75 Å². The first-order valence-electron chi connectivity index (χ1n) is 7.70. The van der Waals surface area contributed by atoms with Gasteiger partial charge < -0.3 is 21.1 Å². The summed E-state index contributed by atoms with van der Waals surface area (Å²) in [6, 6.07) is 14.8. The van der Waals surface area contributed by atoms with Gasteiger partial charge >= 0.3 is 0 Å². The third-order valence-electron chi connectivity index (χ3n) is 3.30. The lowest BCUT2D eigenvalue weighted by Crippen LogP contribution is -2.23. The highest BCUT2D eigenvalue weighted by atomic mass is 16.5. The number of hydrogen-bond donors (Lipinski definition) is 3. The van der Waals surface area contributed by atoms with Crippen molar-refractivity contribution in [2.45, 2.75) is 13.5 Å². The maximum absolute atomic E-state index is 11.8. The molecule has 0 unspecified atom stereocenters. The zero-order valence-corrected chi connectivity index (χ0v) is 13.9. The molecular weight excluding hydrogens is 304 g/mol. The Balaban J connectivity index is 2.01. The van der Waals surface area contributed by atoms with Crippen molar-refractivity contribution < 1.29 is 9.53 Å². The minimum atomic E-state index is -0.0918. The molecule has 0 aliphatic carbocycles. The van der Waals surface area contributed by atoms with Crippen molar-refractivity contribution in [3.63, 3.8) is 0 Å². The molecule has 0 heterocycles. The molecule has 0 atom stereocenters. The van der Waals surface area contributed by atoms with Gasteiger partial charge in [-0.3, -0.25) is 4.79 Å². The number of ether oxygens (including phenoxy) is 1. The highest BCUT2D eigenvalue weighted by Crippen LogP contribution is 2.16. The Kier molecular flexibility index (Phi) is 6.19. The number of anilines is 1. The molecule has 0 saturated heterocycles. The van der Waals surface area contributed by atoms with Crippen molar-refractivity contribution in [1.29, 1.82) is 0 Å². The maximum atomic E-state index is 11.8. The first kappa shape index (κ1) is 17.3.